The molecule has 0 spiro atoms. The molecule has 1 unspecified atom stereocenters. The summed E-state index contributed by atoms with van der Waals surface area (Å²) in [5.74, 6) is 0.0944. The number of carbonyl (C=O) groups excluding carboxylic acids is 1. The summed E-state index contributed by atoms with van der Waals surface area (Å²) in [6, 6.07) is 3.27. The van der Waals surface area contributed by atoms with Crippen LogP contribution in [0.3, 0.4) is 0 Å². The lowest BCUT2D eigenvalue weighted by Crippen LogP contribution is -2.28. The molecule has 0 aliphatic carbocycles. The highest BCUT2D eigenvalue weighted by Gasteiger charge is 2.09. The van der Waals surface area contributed by atoms with E-state index in [9.17, 15) is 9.00 Å². The van der Waals surface area contributed by atoms with Crippen LogP contribution in [0.1, 0.15) is 10.5 Å². The number of rotatable bonds is 4. The smallest absolute Gasteiger partial charge is 0.272 e. The van der Waals surface area contributed by atoms with E-state index in [-0.39, 0.29) is 11.6 Å². The van der Waals surface area contributed by atoms with Crippen LogP contribution < -0.4 is 11.1 Å². The first-order valence-electron chi connectivity index (χ1n) is 4.40. The Morgan fingerprint density at radius 3 is 3.00 bits per heavy atom. The predicted molar refractivity (Wildman–Crippen MR) is 59.9 cm³/mol. The van der Waals surface area contributed by atoms with Gasteiger partial charge in [-0.2, -0.15) is 0 Å². The van der Waals surface area contributed by atoms with Gasteiger partial charge in [-0.25, -0.2) is 4.98 Å². The molecule has 1 aromatic rings. The van der Waals surface area contributed by atoms with Crippen LogP contribution in [0.25, 0.3) is 0 Å². The van der Waals surface area contributed by atoms with E-state index in [1.54, 1.807) is 18.4 Å². The molecule has 1 rings (SSSR count). The van der Waals surface area contributed by atoms with Crippen molar-refractivity contribution in [3.05, 3.63) is 24.0 Å². The van der Waals surface area contributed by atoms with Gasteiger partial charge in [-0.15, -0.1) is 0 Å². The summed E-state index contributed by atoms with van der Waals surface area (Å²) in [5, 5.41) is 2.60. The van der Waals surface area contributed by atoms with Crippen molar-refractivity contribution in [2.75, 3.05) is 24.3 Å². The van der Waals surface area contributed by atoms with Gasteiger partial charge in [0.2, 0.25) is 0 Å². The van der Waals surface area contributed by atoms with Gasteiger partial charge >= 0.3 is 0 Å². The van der Waals surface area contributed by atoms with E-state index in [1.165, 1.54) is 6.20 Å². The zero-order valence-corrected chi connectivity index (χ0v) is 9.21. The number of nitrogen functional groups attached to an aromatic ring is 1. The summed E-state index contributed by atoms with van der Waals surface area (Å²) in [7, 11) is -0.910. The highest BCUT2D eigenvalue weighted by atomic mass is 32.2. The Hall–Kier alpha value is -1.43. The number of carbonyl (C=O) groups is 1. The maximum atomic E-state index is 11.5. The molecule has 0 aliphatic heterocycles. The Morgan fingerprint density at radius 1 is 1.67 bits per heavy atom. The Kier molecular flexibility index (Phi) is 4.23. The summed E-state index contributed by atoms with van der Waals surface area (Å²) in [6.45, 7) is 0.359. The molecule has 0 fully saturated rings. The molecule has 6 heteroatoms. The molecule has 0 aliphatic rings. The van der Waals surface area contributed by atoms with Gasteiger partial charge in [-0.05, 0) is 12.1 Å². The third-order valence-electron chi connectivity index (χ3n) is 1.73. The third-order valence-corrected chi connectivity index (χ3v) is 2.51. The number of hydrogen-bond donors (Lipinski definition) is 2. The SMILES string of the molecule is CS(=O)CCNC(=O)c1ncccc1N. The Balaban J connectivity index is 2.54. The summed E-state index contributed by atoms with van der Waals surface area (Å²) in [6.07, 6.45) is 3.09. The van der Waals surface area contributed by atoms with Crippen LogP contribution in [0.2, 0.25) is 0 Å². The topological polar surface area (TPSA) is 85.1 Å². The highest BCUT2D eigenvalue weighted by Crippen LogP contribution is 2.05. The van der Waals surface area contributed by atoms with Gasteiger partial charge in [0.25, 0.3) is 5.91 Å². The van der Waals surface area contributed by atoms with Gasteiger partial charge in [0.15, 0.2) is 5.69 Å². The van der Waals surface area contributed by atoms with E-state index in [4.69, 9.17) is 5.73 Å². The molecule has 0 bridgehead atoms. The van der Waals surface area contributed by atoms with E-state index in [0.29, 0.717) is 18.0 Å². The van der Waals surface area contributed by atoms with E-state index in [0.717, 1.165) is 0 Å². The Labute approximate surface area is 90.5 Å². The summed E-state index contributed by atoms with van der Waals surface area (Å²) in [5.41, 5.74) is 6.12. The number of nitrogens with two attached hydrogens (primary N) is 1. The number of pyridine rings is 1. The maximum Gasteiger partial charge on any atom is 0.272 e. The molecular formula is C9H13N3O2S. The molecule has 0 radical (unpaired) electrons. The molecule has 15 heavy (non-hydrogen) atoms. The zero-order chi connectivity index (χ0) is 11.3. The van der Waals surface area contributed by atoms with Crippen LogP contribution in [0.15, 0.2) is 18.3 Å². The number of nitrogens with one attached hydrogen (secondary N) is 1. The largest absolute Gasteiger partial charge is 0.397 e. The fourth-order valence-corrected chi connectivity index (χ4v) is 1.39. The lowest BCUT2D eigenvalue weighted by atomic mass is 10.3. The molecule has 5 nitrogen and oxygen atoms in total. The molecule has 1 aromatic heterocycles. The predicted octanol–water partition coefficient (Wildman–Crippen LogP) is -0.228. The summed E-state index contributed by atoms with van der Waals surface area (Å²) in [4.78, 5) is 15.4. The number of nitrogens with zero attached hydrogens (tertiary/aromatic N) is 1. The van der Waals surface area contributed by atoms with Gasteiger partial charge < -0.3 is 11.1 Å². The second-order valence-electron chi connectivity index (χ2n) is 2.97. The number of anilines is 1. The molecule has 82 valence electrons. The second kappa shape index (κ2) is 5.45. The monoisotopic (exact) mass is 227 g/mol. The van der Waals surface area contributed by atoms with Crippen molar-refractivity contribution in [2.24, 2.45) is 0 Å². The van der Waals surface area contributed by atoms with Crippen LogP contribution in [-0.4, -0.2) is 33.7 Å². The quantitative estimate of drug-likeness (QED) is 0.744. The maximum absolute atomic E-state index is 11.5. The standard InChI is InChI=1S/C9H13N3O2S/c1-15(14)6-5-12-9(13)8-7(10)3-2-4-11-8/h2-4H,5-6,10H2,1H3,(H,12,13). The van der Waals surface area contributed by atoms with Crippen molar-refractivity contribution in [1.29, 1.82) is 0 Å². The van der Waals surface area contributed by atoms with Crippen LogP contribution >= 0.6 is 0 Å². The van der Waals surface area contributed by atoms with Gasteiger partial charge in [0, 0.05) is 35.5 Å². The lowest BCUT2D eigenvalue weighted by molar-refractivity contribution is 0.0952. The summed E-state index contributed by atoms with van der Waals surface area (Å²) >= 11 is 0. The Bertz CT molecular complexity index is 381. The van der Waals surface area contributed by atoms with Gasteiger partial charge in [0.05, 0.1) is 5.69 Å². The second-order valence-corrected chi connectivity index (χ2v) is 4.53. The molecular weight excluding hydrogens is 214 g/mol. The molecule has 0 saturated carbocycles. The summed E-state index contributed by atoms with van der Waals surface area (Å²) < 4.78 is 10.7. The zero-order valence-electron chi connectivity index (χ0n) is 8.40. The first-order valence-corrected chi connectivity index (χ1v) is 6.12. The fraction of sp³-hybridized carbons (Fsp3) is 0.333. The van der Waals surface area contributed by atoms with Crippen molar-refractivity contribution >= 4 is 22.4 Å². The van der Waals surface area contributed by atoms with Crippen LogP contribution in [-0.2, 0) is 10.8 Å². The van der Waals surface area contributed by atoms with Gasteiger partial charge in [-0.1, -0.05) is 0 Å². The number of amides is 1. The van der Waals surface area contributed by atoms with Crippen molar-refractivity contribution in [3.8, 4) is 0 Å². The minimum atomic E-state index is -0.910. The van der Waals surface area contributed by atoms with Crippen molar-refractivity contribution < 1.29 is 9.00 Å². The van der Waals surface area contributed by atoms with Gasteiger partial charge in [-0.3, -0.25) is 9.00 Å². The Morgan fingerprint density at radius 2 is 2.40 bits per heavy atom. The normalized spacial score (nSPS) is 12.1. The molecule has 1 heterocycles. The van der Waals surface area contributed by atoms with E-state index in [2.05, 4.69) is 10.3 Å². The number of hydrogen-bond acceptors (Lipinski definition) is 4. The van der Waals surface area contributed by atoms with Crippen molar-refractivity contribution in [2.45, 2.75) is 0 Å². The van der Waals surface area contributed by atoms with Crippen LogP contribution in [0, 0.1) is 0 Å². The van der Waals surface area contributed by atoms with E-state index < -0.39 is 10.8 Å². The van der Waals surface area contributed by atoms with Crippen molar-refractivity contribution in [3.63, 3.8) is 0 Å². The number of aromatic nitrogens is 1. The average molecular weight is 227 g/mol. The molecule has 3 N–H and O–H groups in total. The first-order chi connectivity index (χ1) is 7.11. The van der Waals surface area contributed by atoms with Crippen LogP contribution in [0.5, 0.6) is 0 Å². The molecule has 0 saturated heterocycles. The van der Waals surface area contributed by atoms with Crippen molar-refractivity contribution in [1.82, 2.24) is 10.3 Å². The lowest BCUT2D eigenvalue weighted by Gasteiger charge is -2.04. The first kappa shape index (κ1) is 11.6. The average Bonchev–Trinajstić information content (AvgIpc) is 2.17. The van der Waals surface area contributed by atoms with E-state index >= 15 is 0 Å². The van der Waals surface area contributed by atoms with Gasteiger partial charge in [0.1, 0.15) is 0 Å². The van der Waals surface area contributed by atoms with Crippen LogP contribution in [0.4, 0.5) is 5.69 Å². The third kappa shape index (κ3) is 3.67. The fourth-order valence-electron chi connectivity index (χ4n) is 0.999. The molecule has 1 atom stereocenters. The van der Waals surface area contributed by atoms with E-state index in [1.807, 2.05) is 0 Å². The molecule has 1 amide bonds. The minimum Gasteiger partial charge on any atom is -0.397 e. The highest BCUT2D eigenvalue weighted by molar-refractivity contribution is 7.84. The molecule has 0 aromatic carbocycles. The minimum absolute atomic E-state index is 0.208.